The van der Waals surface area contributed by atoms with E-state index in [1.165, 1.54) is 14.1 Å². The van der Waals surface area contributed by atoms with Crippen LogP contribution < -0.4 is 15.7 Å². The molecule has 0 aliphatic carbocycles. The number of hydrogen-bond acceptors (Lipinski definition) is 3. The van der Waals surface area contributed by atoms with Crippen molar-refractivity contribution in [2.75, 3.05) is 14.1 Å². The van der Waals surface area contributed by atoms with Crippen LogP contribution in [0.1, 0.15) is 17.2 Å². The van der Waals surface area contributed by atoms with Crippen molar-refractivity contribution in [3.63, 3.8) is 0 Å². The summed E-state index contributed by atoms with van der Waals surface area (Å²) in [5.74, 6) is -0.269. The van der Waals surface area contributed by atoms with E-state index in [0.717, 1.165) is 31.2 Å². The Bertz CT molecular complexity index is 1150. The first kappa shape index (κ1) is 15.7. The average molecular weight is 338 g/mol. The second kappa shape index (κ2) is 4.83. The quantitative estimate of drug-likeness (QED) is 0.686. The van der Waals surface area contributed by atoms with Crippen molar-refractivity contribution in [2.24, 2.45) is 14.1 Å². The number of hydrogen-bond donors (Lipinski definition) is 1. The molecule has 6 nitrogen and oxygen atoms in total. The van der Waals surface area contributed by atoms with Gasteiger partial charge in [0, 0.05) is 19.7 Å². The Labute approximate surface area is 144 Å². The second-order valence-electron chi connectivity index (χ2n) is 7.11. The molecule has 1 aliphatic rings. The van der Waals surface area contributed by atoms with Crippen LogP contribution in [0.25, 0.3) is 10.8 Å². The van der Waals surface area contributed by atoms with Gasteiger partial charge in [-0.05, 0) is 11.5 Å². The molecule has 0 spiro atoms. The van der Waals surface area contributed by atoms with Crippen molar-refractivity contribution in [1.82, 2.24) is 13.6 Å². The van der Waals surface area contributed by atoms with Crippen molar-refractivity contribution in [3.8, 4) is 5.88 Å². The summed E-state index contributed by atoms with van der Waals surface area (Å²) in [4.78, 5) is 25.0. The molecule has 2 heterocycles. The van der Waals surface area contributed by atoms with Gasteiger partial charge < -0.3 is 5.11 Å². The highest BCUT2D eigenvalue weighted by atomic mass is 16.3. The Kier molecular flexibility index (Phi) is 3.02. The summed E-state index contributed by atoms with van der Waals surface area (Å²) >= 11 is 0. The SMILES string of the molecule is Cn1c(O)c(C2c3cccc4cccc(c34)[N+]2(C)C)c(=O)n(C)c1=O. The van der Waals surface area contributed by atoms with Crippen LogP contribution in [0.2, 0.25) is 0 Å². The van der Waals surface area contributed by atoms with E-state index in [1.807, 2.05) is 44.4 Å². The average Bonchev–Trinajstić information content (AvgIpc) is 2.82. The first-order chi connectivity index (χ1) is 11.8. The number of rotatable bonds is 1. The lowest BCUT2D eigenvalue weighted by Crippen LogP contribution is -2.47. The fourth-order valence-corrected chi connectivity index (χ4v) is 4.12. The van der Waals surface area contributed by atoms with Gasteiger partial charge in [0.2, 0.25) is 5.88 Å². The standard InChI is InChI=1S/C19H19N3O3/c1-20-17(23)15(18(24)21(2)19(20)25)16-12-9-5-7-11-8-6-10-13(14(11)12)22(16,3)4/h5-10,16H,1-4H3/p+1. The molecular weight excluding hydrogens is 318 g/mol. The summed E-state index contributed by atoms with van der Waals surface area (Å²) in [5.41, 5.74) is 1.34. The molecule has 0 saturated carbocycles. The maximum atomic E-state index is 12.9. The van der Waals surface area contributed by atoms with Crippen molar-refractivity contribution in [1.29, 1.82) is 0 Å². The number of aromatic nitrogens is 2. The van der Waals surface area contributed by atoms with Gasteiger partial charge in [0.05, 0.1) is 19.5 Å². The third-order valence-corrected chi connectivity index (χ3v) is 5.42. The smallest absolute Gasteiger partial charge is 0.333 e. The highest BCUT2D eigenvalue weighted by Gasteiger charge is 2.46. The first-order valence-corrected chi connectivity index (χ1v) is 8.11. The fraction of sp³-hybridized carbons (Fsp3) is 0.263. The van der Waals surface area contributed by atoms with Crippen molar-refractivity contribution >= 4 is 16.5 Å². The lowest BCUT2D eigenvalue weighted by Gasteiger charge is -2.33. The third kappa shape index (κ3) is 1.83. The van der Waals surface area contributed by atoms with Crippen LogP contribution in [0.5, 0.6) is 5.88 Å². The highest BCUT2D eigenvalue weighted by Crippen LogP contribution is 2.50. The number of benzene rings is 2. The van der Waals surface area contributed by atoms with E-state index in [9.17, 15) is 14.7 Å². The molecule has 0 fully saturated rings. The highest BCUT2D eigenvalue weighted by molar-refractivity contribution is 5.99. The van der Waals surface area contributed by atoms with Crippen LogP contribution in [0.4, 0.5) is 5.69 Å². The Morgan fingerprint density at radius 3 is 2.32 bits per heavy atom. The minimum atomic E-state index is -0.537. The predicted molar refractivity (Wildman–Crippen MR) is 98.0 cm³/mol. The van der Waals surface area contributed by atoms with Gasteiger partial charge in [-0.2, -0.15) is 0 Å². The second-order valence-corrected chi connectivity index (χ2v) is 7.11. The van der Waals surface area contributed by atoms with Crippen LogP contribution in [0.3, 0.4) is 0 Å². The van der Waals surface area contributed by atoms with E-state index in [2.05, 4.69) is 6.07 Å². The van der Waals surface area contributed by atoms with Crippen molar-refractivity contribution < 1.29 is 5.11 Å². The summed E-state index contributed by atoms with van der Waals surface area (Å²) in [6, 6.07) is 11.7. The third-order valence-electron chi connectivity index (χ3n) is 5.42. The van der Waals surface area contributed by atoms with Gasteiger partial charge in [-0.15, -0.1) is 0 Å². The molecule has 3 aromatic rings. The molecule has 4 rings (SSSR count). The maximum absolute atomic E-state index is 12.9. The summed E-state index contributed by atoms with van der Waals surface area (Å²) in [6.45, 7) is 0. The Morgan fingerprint density at radius 2 is 1.64 bits per heavy atom. The predicted octanol–water partition coefficient (Wildman–Crippen LogP) is 1.61. The molecule has 0 bridgehead atoms. The van der Waals surface area contributed by atoms with Crippen LogP contribution in [0.15, 0.2) is 46.0 Å². The van der Waals surface area contributed by atoms with Crippen LogP contribution in [-0.4, -0.2) is 28.3 Å². The molecule has 128 valence electrons. The maximum Gasteiger partial charge on any atom is 0.333 e. The lowest BCUT2D eigenvalue weighted by atomic mass is 9.97. The Hall–Kier alpha value is -2.86. The van der Waals surface area contributed by atoms with Gasteiger partial charge in [0.25, 0.3) is 5.56 Å². The van der Waals surface area contributed by atoms with Crippen LogP contribution >= 0.6 is 0 Å². The molecule has 1 aromatic heterocycles. The molecule has 6 heteroatoms. The number of aromatic hydroxyl groups is 1. The topological polar surface area (TPSA) is 64.2 Å². The van der Waals surface area contributed by atoms with Gasteiger partial charge in [-0.25, -0.2) is 4.79 Å². The molecule has 1 unspecified atom stereocenters. The summed E-state index contributed by atoms with van der Waals surface area (Å²) in [7, 11) is 6.95. The first-order valence-electron chi connectivity index (χ1n) is 8.11. The molecule has 0 saturated heterocycles. The molecule has 0 amide bonds. The van der Waals surface area contributed by atoms with Crippen molar-refractivity contribution in [2.45, 2.75) is 6.04 Å². The number of nitrogens with zero attached hydrogens (tertiary/aromatic N) is 3. The van der Waals surface area contributed by atoms with Crippen molar-refractivity contribution in [3.05, 3.63) is 68.4 Å². The largest absolute Gasteiger partial charge is 0.494 e. The van der Waals surface area contributed by atoms with E-state index in [1.54, 1.807) is 0 Å². The van der Waals surface area contributed by atoms with Crippen LogP contribution in [-0.2, 0) is 14.1 Å². The zero-order chi connectivity index (χ0) is 18.1. The Balaban J connectivity index is 2.15. The molecule has 2 aromatic carbocycles. The van der Waals surface area contributed by atoms with E-state index in [0.29, 0.717) is 4.48 Å². The molecule has 0 radical (unpaired) electrons. The molecule has 25 heavy (non-hydrogen) atoms. The summed E-state index contributed by atoms with van der Waals surface area (Å²) in [6.07, 6.45) is 0. The minimum Gasteiger partial charge on any atom is -0.494 e. The number of quaternary nitrogens is 1. The van der Waals surface area contributed by atoms with E-state index in [4.69, 9.17) is 0 Å². The van der Waals surface area contributed by atoms with Gasteiger partial charge in [-0.1, -0.05) is 30.3 Å². The zero-order valence-electron chi connectivity index (χ0n) is 14.6. The van der Waals surface area contributed by atoms with E-state index >= 15 is 0 Å². The van der Waals surface area contributed by atoms with E-state index < -0.39 is 11.2 Å². The minimum absolute atomic E-state index is 0.248. The van der Waals surface area contributed by atoms with Gasteiger partial charge >= 0.3 is 5.69 Å². The molecule has 1 aliphatic heterocycles. The fourth-order valence-electron chi connectivity index (χ4n) is 4.12. The monoisotopic (exact) mass is 338 g/mol. The molecular formula is C19H20N3O3+. The van der Waals surface area contributed by atoms with Gasteiger partial charge in [0.1, 0.15) is 11.3 Å². The molecule has 1 N–H and O–H groups in total. The van der Waals surface area contributed by atoms with Crippen LogP contribution in [0, 0.1) is 0 Å². The summed E-state index contributed by atoms with van der Waals surface area (Å²) in [5, 5.41) is 12.9. The van der Waals surface area contributed by atoms with E-state index in [-0.39, 0.29) is 17.5 Å². The lowest BCUT2D eigenvalue weighted by molar-refractivity contribution is 0.324. The Morgan fingerprint density at radius 1 is 1.00 bits per heavy atom. The zero-order valence-corrected chi connectivity index (χ0v) is 14.6. The molecule has 1 atom stereocenters. The van der Waals surface area contributed by atoms with Gasteiger partial charge in [-0.3, -0.25) is 18.4 Å². The van der Waals surface area contributed by atoms with Gasteiger partial charge in [0.15, 0.2) is 6.04 Å². The summed E-state index contributed by atoms with van der Waals surface area (Å²) < 4.78 is 2.58. The normalized spacial score (nSPS) is 18.0.